The average molecular weight is 468 g/mol. The number of nitrogens with zero attached hydrogens (tertiary/aromatic N) is 3. The van der Waals surface area contributed by atoms with E-state index in [4.69, 9.17) is 4.74 Å². The summed E-state index contributed by atoms with van der Waals surface area (Å²) in [7, 11) is -2.59. The van der Waals surface area contributed by atoms with Crippen molar-refractivity contribution in [3.8, 4) is 17.0 Å². The predicted octanol–water partition coefficient (Wildman–Crippen LogP) is 3.71. The van der Waals surface area contributed by atoms with Gasteiger partial charge in [-0.15, -0.1) is 0 Å². The van der Waals surface area contributed by atoms with Crippen LogP contribution < -0.4 is 9.46 Å². The molecule has 162 valence electrons. The molecule has 0 aliphatic carbocycles. The first-order chi connectivity index (χ1) is 14.7. The third-order valence-corrected chi connectivity index (χ3v) is 6.87. The van der Waals surface area contributed by atoms with E-state index in [1.165, 1.54) is 49.5 Å². The van der Waals surface area contributed by atoms with Crippen molar-refractivity contribution in [3.63, 3.8) is 0 Å². The molecule has 7 nitrogen and oxygen atoms in total. The van der Waals surface area contributed by atoms with Gasteiger partial charge in [0.2, 0.25) is 0 Å². The summed E-state index contributed by atoms with van der Waals surface area (Å²) in [6, 6.07) is 7.37. The van der Waals surface area contributed by atoms with Gasteiger partial charge in [0.1, 0.15) is 12.1 Å². The van der Waals surface area contributed by atoms with Crippen LogP contribution in [0, 0.1) is 0 Å². The second kappa shape index (κ2) is 8.00. The highest BCUT2D eigenvalue weighted by Crippen LogP contribution is 2.38. The van der Waals surface area contributed by atoms with Gasteiger partial charge in [-0.05, 0) is 36.4 Å². The molecule has 1 N–H and O–H groups in total. The van der Waals surface area contributed by atoms with E-state index >= 15 is 0 Å². The van der Waals surface area contributed by atoms with Crippen molar-refractivity contribution in [1.29, 1.82) is 0 Å². The Morgan fingerprint density at radius 3 is 2.61 bits per heavy atom. The molecule has 4 rings (SSSR count). The lowest BCUT2D eigenvalue weighted by Crippen LogP contribution is -2.27. The molecule has 12 heteroatoms. The molecule has 1 aliphatic heterocycles. The highest BCUT2D eigenvalue weighted by atomic mass is 32.2. The normalized spacial score (nSPS) is 14.5. The molecule has 0 radical (unpaired) electrons. The molecule has 0 amide bonds. The lowest BCUT2D eigenvalue weighted by atomic mass is 10.0. The van der Waals surface area contributed by atoms with Crippen LogP contribution in [-0.2, 0) is 16.2 Å². The number of fused-ring (bicyclic) bond motifs is 1. The summed E-state index contributed by atoms with van der Waals surface area (Å²) in [4.78, 5) is 12.4. The molecule has 31 heavy (non-hydrogen) atoms. The van der Waals surface area contributed by atoms with Crippen LogP contribution in [0.15, 0.2) is 52.6 Å². The van der Waals surface area contributed by atoms with Gasteiger partial charge in [0.05, 0.1) is 35.3 Å². The molecule has 0 fully saturated rings. The van der Waals surface area contributed by atoms with Gasteiger partial charge >= 0.3 is 6.18 Å². The third kappa shape index (κ3) is 4.30. The lowest BCUT2D eigenvalue weighted by molar-refractivity contribution is -0.137. The summed E-state index contributed by atoms with van der Waals surface area (Å²) in [6.45, 7) is 0.547. The number of hydrogen-bond donors (Lipinski definition) is 1. The topological polar surface area (TPSA) is 93.5 Å². The highest BCUT2D eigenvalue weighted by molar-refractivity contribution is 8.15. The van der Waals surface area contributed by atoms with Crippen molar-refractivity contribution in [1.82, 2.24) is 14.7 Å². The fraction of sp³-hybridized carbons (Fsp3) is 0.211. The number of amidine groups is 1. The Hall–Kier alpha value is -2.86. The molecule has 1 aromatic heterocycles. The summed E-state index contributed by atoms with van der Waals surface area (Å²) >= 11 is 1.31. The van der Waals surface area contributed by atoms with E-state index in [2.05, 4.69) is 19.7 Å². The van der Waals surface area contributed by atoms with Crippen molar-refractivity contribution >= 4 is 37.9 Å². The van der Waals surface area contributed by atoms with Crippen LogP contribution in [-0.4, -0.2) is 43.0 Å². The van der Waals surface area contributed by atoms with Gasteiger partial charge in [-0.3, -0.25) is 9.71 Å². The van der Waals surface area contributed by atoms with E-state index in [-0.39, 0.29) is 10.6 Å². The number of methoxy groups -OCH3 is 1. The number of nitrogens with one attached hydrogen (secondary N) is 1. The molecule has 0 bridgehead atoms. The van der Waals surface area contributed by atoms with Crippen LogP contribution in [0.25, 0.3) is 22.2 Å². The molecule has 1 aliphatic rings. The number of hydrogen-bond acceptors (Lipinski definition) is 7. The van der Waals surface area contributed by atoms with E-state index in [1.54, 1.807) is 0 Å². The van der Waals surface area contributed by atoms with E-state index < -0.39 is 21.8 Å². The molecule has 0 atom stereocenters. The quantitative estimate of drug-likeness (QED) is 0.628. The maximum absolute atomic E-state index is 13.0. The van der Waals surface area contributed by atoms with Gasteiger partial charge in [0.15, 0.2) is 5.17 Å². The minimum Gasteiger partial charge on any atom is -0.496 e. The predicted molar refractivity (Wildman–Crippen MR) is 112 cm³/mol. The number of halogens is 3. The Morgan fingerprint density at radius 2 is 1.94 bits per heavy atom. The van der Waals surface area contributed by atoms with Crippen molar-refractivity contribution < 1.29 is 26.3 Å². The molecule has 0 saturated heterocycles. The molecule has 0 unspecified atom stereocenters. The summed E-state index contributed by atoms with van der Waals surface area (Å²) in [5.41, 5.74) is 0.117. The van der Waals surface area contributed by atoms with Gasteiger partial charge in [0, 0.05) is 16.7 Å². The summed E-state index contributed by atoms with van der Waals surface area (Å²) in [6.07, 6.45) is -3.30. The van der Waals surface area contributed by atoms with Crippen molar-refractivity contribution in [2.24, 2.45) is 4.99 Å². The van der Waals surface area contributed by atoms with E-state index in [1.807, 2.05) is 0 Å². The number of rotatable bonds is 4. The van der Waals surface area contributed by atoms with Crippen LogP contribution in [0.2, 0.25) is 0 Å². The zero-order valence-electron chi connectivity index (χ0n) is 16.0. The molecule has 0 saturated carbocycles. The van der Waals surface area contributed by atoms with E-state index in [9.17, 15) is 21.6 Å². The standard InChI is InChI=1S/C19H15F3N4O3S2/c1-29-16-8-11(19(20,21)22)2-4-14(16)17-13-5-3-12(9-15(13)24-10-25-17)31(27,28)26-18-23-6-7-30-18/h2-5,8-10H,6-7H2,1H3,(H,23,26). The smallest absolute Gasteiger partial charge is 0.416 e. The largest absolute Gasteiger partial charge is 0.496 e. The highest BCUT2D eigenvalue weighted by Gasteiger charge is 2.31. The zero-order chi connectivity index (χ0) is 22.2. The van der Waals surface area contributed by atoms with Gasteiger partial charge in [-0.2, -0.15) is 13.2 Å². The number of aromatic nitrogens is 2. The van der Waals surface area contributed by atoms with Gasteiger partial charge in [-0.1, -0.05) is 11.8 Å². The lowest BCUT2D eigenvalue weighted by Gasteiger charge is -2.14. The third-order valence-electron chi connectivity index (χ3n) is 4.51. The number of benzene rings is 2. The number of alkyl halides is 3. The molecule has 0 spiro atoms. The molecular formula is C19H15F3N4O3S2. The Kier molecular flexibility index (Phi) is 5.52. The van der Waals surface area contributed by atoms with Crippen molar-refractivity contribution in [3.05, 3.63) is 48.3 Å². The fourth-order valence-electron chi connectivity index (χ4n) is 3.05. The van der Waals surface area contributed by atoms with Crippen LogP contribution >= 0.6 is 11.8 Å². The van der Waals surface area contributed by atoms with Gasteiger partial charge < -0.3 is 4.74 Å². The van der Waals surface area contributed by atoms with Crippen molar-refractivity contribution in [2.75, 3.05) is 19.4 Å². The summed E-state index contributed by atoms with van der Waals surface area (Å²) in [5, 5.41) is 0.796. The minimum atomic E-state index is -4.52. The monoisotopic (exact) mass is 468 g/mol. The Balaban J connectivity index is 1.78. The summed E-state index contributed by atoms with van der Waals surface area (Å²) < 4.78 is 72.0. The zero-order valence-corrected chi connectivity index (χ0v) is 17.6. The van der Waals surface area contributed by atoms with Crippen LogP contribution in [0.3, 0.4) is 0 Å². The number of sulfonamides is 1. The Bertz CT molecular complexity index is 1290. The first-order valence-corrected chi connectivity index (χ1v) is 11.4. The maximum Gasteiger partial charge on any atom is 0.416 e. The Labute approximate surface area is 179 Å². The van der Waals surface area contributed by atoms with E-state index in [0.29, 0.717) is 39.6 Å². The fourth-order valence-corrected chi connectivity index (χ4v) is 5.10. The second-order valence-corrected chi connectivity index (χ2v) is 9.22. The van der Waals surface area contributed by atoms with Gasteiger partial charge in [0.25, 0.3) is 10.0 Å². The Morgan fingerprint density at radius 1 is 1.13 bits per heavy atom. The van der Waals surface area contributed by atoms with E-state index in [0.717, 1.165) is 12.1 Å². The molecule has 3 aromatic rings. The molecular weight excluding hydrogens is 453 g/mol. The minimum absolute atomic E-state index is 0.00976. The van der Waals surface area contributed by atoms with Gasteiger partial charge in [-0.25, -0.2) is 18.4 Å². The molecule has 2 aromatic carbocycles. The summed E-state index contributed by atoms with van der Waals surface area (Å²) in [5.74, 6) is 0.700. The first kappa shape index (κ1) is 21.4. The molecule has 2 heterocycles. The number of thioether (sulfide) groups is 1. The second-order valence-electron chi connectivity index (χ2n) is 6.45. The van der Waals surface area contributed by atoms with Crippen LogP contribution in [0.5, 0.6) is 5.75 Å². The maximum atomic E-state index is 13.0. The van der Waals surface area contributed by atoms with Crippen LogP contribution in [0.4, 0.5) is 13.2 Å². The first-order valence-electron chi connectivity index (χ1n) is 8.89. The van der Waals surface area contributed by atoms with Crippen molar-refractivity contribution in [2.45, 2.75) is 11.1 Å². The average Bonchev–Trinajstić information content (AvgIpc) is 3.24. The SMILES string of the molecule is COc1cc(C(F)(F)F)ccc1-c1ncnc2cc(S(=O)(=O)NC3=NCCS3)ccc12. The number of aliphatic imine (C=N–C) groups is 1. The van der Waals surface area contributed by atoms with Crippen LogP contribution in [0.1, 0.15) is 5.56 Å². The number of ether oxygens (including phenoxy) is 1.